The summed E-state index contributed by atoms with van der Waals surface area (Å²) in [7, 11) is 2.48. The molecule has 6 heteroatoms. The molecule has 0 saturated heterocycles. The van der Waals surface area contributed by atoms with E-state index in [1.807, 2.05) is 0 Å². The Balaban J connectivity index is 3.63. The van der Waals surface area contributed by atoms with Crippen LogP contribution < -0.4 is 10.9 Å². The van der Waals surface area contributed by atoms with Crippen molar-refractivity contribution in [3.63, 3.8) is 0 Å². The van der Waals surface area contributed by atoms with Crippen molar-refractivity contribution in [2.45, 2.75) is 13.0 Å². The first-order valence-electron chi connectivity index (χ1n) is 3.29. The zero-order valence-corrected chi connectivity index (χ0v) is 7.21. The molecule has 0 radical (unpaired) electrons. The van der Waals surface area contributed by atoms with E-state index in [-0.39, 0.29) is 0 Å². The summed E-state index contributed by atoms with van der Waals surface area (Å²) >= 11 is 0. The van der Waals surface area contributed by atoms with Crippen LogP contribution in [0.25, 0.3) is 0 Å². The lowest BCUT2D eigenvalue weighted by molar-refractivity contribution is -0.142. The molecule has 0 saturated carbocycles. The average molecular weight is 176 g/mol. The first kappa shape index (κ1) is 10.7. The van der Waals surface area contributed by atoms with Gasteiger partial charge in [-0.25, -0.2) is 10.2 Å². The van der Waals surface area contributed by atoms with E-state index in [1.165, 1.54) is 14.2 Å². The molecule has 0 rings (SSSR count). The molecule has 70 valence electrons. The minimum absolute atomic E-state index is 0.466. The largest absolute Gasteiger partial charge is 0.468 e. The lowest BCUT2D eigenvalue weighted by Crippen LogP contribution is -2.46. The van der Waals surface area contributed by atoms with Crippen molar-refractivity contribution in [2.24, 2.45) is 0 Å². The quantitative estimate of drug-likeness (QED) is 0.444. The number of amides is 1. The summed E-state index contributed by atoms with van der Waals surface area (Å²) in [4.78, 5) is 21.2. The third-order valence-corrected chi connectivity index (χ3v) is 1.13. The fourth-order valence-electron chi connectivity index (χ4n) is 0.454. The van der Waals surface area contributed by atoms with E-state index < -0.39 is 18.1 Å². The molecule has 2 N–H and O–H groups in total. The molecule has 6 nitrogen and oxygen atoms in total. The van der Waals surface area contributed by atoms with Crippen molar-refractivity contribution in [3.05, 3.63) is 0 Å². The zero-order chi connectivity index (χ0) is 9.56. The minimum Gasteiger partial charge on any atom is -0.468 e. The molecule has 0 spiro atoms. The summed E-state index contributed by atoms with van der Waals surface area (Å²) in [5.74, 6) is -0.466. The number of hydrazine groups is 1. The van der Waals surface area contributed by atoms with Crippen molar-refractivity contribution in [1.29, 1.82) is 0 Å². The first-order valence-corrected chi connectivity index (χ1v) is 3.29. The fourth-order valence-corrected chi connectivity index (χ4v) is 0.454. The van der Waals surface area contributed by atoms with Gasteiger partial charge in [0.2, 0.25) is 0 Å². The van der Waals surface area contributed by atoms with Gasteiger partial charge in [-0.2, -0.15) is 0 Å². The van der Waals surface area contributed by atoms with Crippen LogP contribution >= 0.6 is 0 Å². The zero-order valence-electron chi connectivity index (χ0n) is 7.21. The number of hydrogen-bond acceptors (Lipinski definition) is 5. The Hall–Kier alpha value is -1.30. The number of esters is 1. The van der Waals surface area contributed by atoms with Gasteiger partial charge in [-0.15, -0.1) is 0 Å². The van der Waals surface area contributed by atoms with Crippen LogP contribution in [0, 0.1) is 0 Å². The van der Waals surface area contributed by atoms with Crippen molar-refractivity contribution in [3.8, 4) is 0 Å². The SMILES string of the molecule is COC(=O)NNC(C)C(=O)OC. The third-order valence-electron chi connectivity index (χ3n) is 1.13. The Kier molecular flexibility index (Phi) is 4.78. The van der Waals surface area contributed by atoms with Gasteiger partial charge in [-0.1, -0.05) is 0 Å². The van der Waals surface area contributed by atoms with Crippen molar-refractivity contribution in [1.82, 2.24) is 10.9 Å². The third kappa shape index (κ3) is 3.77. The Bertz CT molecular complexity index is 171. The molecule has 0 aromatic carbocycles. The number of methoxy groups -OCH3 is 2. The molecule has 12 heavy (non-hydrogen) atoms. The fraction of sp³-hybridized carbons (Fsp3) is 0.667. The molecule has 0 aromatic rings. The van der Waals surface area contributed by atoms with Gasteiger partial charge in [0.05, 0.1) is 14.2 Å². The topological polar surface area (TPSA) is 76.7 Å². The Morgan fingerprint density at radius 3 is 2.25 bits per heavy atom. The van der Waals surface area contributed by atoms with Gasteiger partial charge in [0.25, 0.3) is 0 Å². The van der Waals surface area contributed by atoms with Crippen molar-refractivity contribution >= 4 is 12.1 Å². The summed E-state index contributed by atoms with van der Waals surface area (Å²) in [6.07, 6.45) is -0.661. The maximum Gasteiger partial charge on any atom is 0.421 e. The van der Waals surface area contributed by atoms with Crippen LogP contribution in [0.15, 0.2) is 0 Å². The van der Waals surface area contributed by atoms with Crippen LogP contribution in [0.4, 0.5) is 4.79 Å². The van der Waals surface area contributed by atoms with Crippen molar-refractivity contribution in [2.75, 3.05) is 14.2 Å². The van der Waals surface area contributed by atoms with Gasteiger partial charge >= 0.3 is 12.1 Å². The summed E-state index contributed by atoms with van der Waals surface area (Å²) < 4.78 is 8.63. The second-order valence-corrected chi connectivity index (χ2v) is 2.01. The monoisotopic (exact) mass is 176 g/mol. The molecule has 0 fully saturated rings. The lowest BCUT2D eigenvalue weighted by Gasteiger charge is -2.10. The first-order chi connectivity index (χ1) is 5.61. The molecule has 1 atom stereocenters. The molecule has 1 amide bonds. The van der Waals surface area contributed by atoms with Crippen LogP contribution in [0.2, 0.25) is 0 Å². The highest BCUT2D eigenvalue weighted by molar-refractivity contribution is 5.75. The van der Waals surface area contributed by atoms with Gasteiger partial charge < -0.3 is 9.47 Å². The van der Waals surface area contributed by atoms with E-state index in [4.69, 9.17) is 0 Å². The average Bonchev–Trinajstić information content (AvgIpc) is 2.11. The molecule has 0 aromatic heterocycles. The highest BCUT2D eigenvalue weighted by Crippen LogP contribution is 1.82. The van der Waals surface area contributed by atoms with Gasteiger partial charge in [0.1, 0.15) is 6.04 Å². The molecular weight excluding hydrogens is 164 g/mol. The van der Waals surface area contributed by atoms with E-state index in [1.54, 1.807) is 6.92 Å². The maximum atomic E-state index is 10.7. The van der Waals surface area contributed by atoms with E-state index >= 15 is 0 Å². The number of rotatable bonds is 3. The van der Waals surface area contributed by atoms with Crippen LogP contribution in [0.3, 0.4) is 0 Å². The van der Waals surface area contributed by atoms with Crippen molar-refractivity contribution < 1.29 is 19.1 Å². The normalized spacial score (nSPS) is 11.6. The Morgan fingerprint density at radius 2 is 1.83 bits per heavy atom. The Labute approximate surface area is 70.2 Å². The molecule has 0 aliphatic rings. The maximum absolute atomic E-state index is 10.7. The summed E-state index contributed by atoms with van der Waals surface area (Å²) in [5.41, 5.74) is 4.52. The smallest absolute Gasteiger partial charge is 0.421 e. The standard InChI is InChI=1S/C6H12N2O4/c1-4(5(9)11-2)7-8-6(10)12-3/h4,7H,1-3H3,(H,8,10). The molecule has 0 heterocycles. The van der Waals surface area contributed by atoms with Crippen LogP contribution in [-0.4, -0.2) is 32.3 Å². The van der Waals surface area contributed by atoms with Crippen LogP contribution in [0.1, 0.15) is 6.92 Å². The van der Waals surface area contributed by atoms with E-state index in [2.05, 4.69) is 20.3 Å². The number of hydrogen-bond donors (Lipinski definition) is 2. The van der Waals surface area contributed by atoms with Crippen LogP contribution in [-0.2, 0) is 14.3 Å². The number of nitrogens with one attached hydrogen (secondary N) is 2. The predicted octanol–water partition coefficient (Wildman–Crippen LogP) is -0.591. The van der Waals surface area contributed by atoms with Gasteiger partial charge in [0.15, 0.2) is 0 Å². The van der Waals surface area contributed by atoms with E-state index in [0.717, 1.165) is 0 Å². The molecule has 1 unspecified atom stereocenters. The van der Waals surface area contributed by atoms with E-state index in [0.29, 0.717) is 0 Å². The number of ether oxygens (including phenoxy) is 2. The Morgan fingerprint density at radius 1 is 1.25 bits per heavy atom. The highest BCUT2D eigenvalue weighted by atomic mass is 16.5. The summed E-state index contributed by atoms with van der Waals surface area (Å²) in [6, 6.07) is -0.603. The van der Waals surface area contributed by atoms with Gasteiger partial charge in [0, 0.05) is 0 Å². The molecule has 0 aliphatic heterocycles. The van der Waals surface area contributed by atoms with Crippen LogP contribution in [0.5, 0.6) is 0 Å². The van der Waals surface area contributed by atoms with Gasteiger partial charge in [-0.3, -0.25) is 10.2 Å². The number of carbonyl (C=O) groups excluding carboxylic acids is 2. The summed E-state index contributed by atoms with van der Waals surface area (Å²) in [5, 5.41) is 0. The number of carbonyl (C=O) groups is 2. The van der Waals surface area contributed by atoms with Gasteiger partial charge in [-0.05, 0) is 6.92 Å². The molecular formula is C6H12N2O4. The second-order valence-electron chi connectivity index (χ2n) is 2.01. The highest BCUT2D eigenvalue weighted by Gasteiger charge is 2.12. The minimum atomic E-state index is -0.661. The molecule has 0 aliphatic carbocycles. The summed E-state index contributed by atoms with van der Waals surface area (Å²) in [6.45, 7) is 1.54. The second kappa shape index (κ2) is 5.36. The van der Waals surface area contributed by atoms with E-state index in [9.17, 15) is 9.59 Å². The molecule has 0 bridgehead atoms. The lowest BCUT2D eigenvalue weighted by atomic mass is 10.4. The predicted molar refractivity (Wildman–Crippen MR) is 40.2 cm³/mol.